The Hall–Kier alpha value is -0.960. The van der Waals surface area contributed by atoms with Crippen molar-refractivity contribution in [3.8, 4) is 0 Å². The Labute approximate surface area is 73.8 Å². The Kier molecular flexibility index (Phi) is 6.19. The van der Waals surface area contributed by atoms with Gasteiger partial charge in [0, 0.05) is 19.0 Å². The third-order valence-corrected chi connectivity index (χ3v) is 1.12. The maximum Gasteiger partial charge on any atom is 0.154 e. The molecule has 0 spiro atoms. The third-order valence-electron chi connectivity index (χ3n) is 1.12. The average Bonchev–Trinajstić information content (AvgIpc) is 2.09. The standard InChI is InChI=1S/C7H10N2O.C2H6/c1-6-3-4-8-7(9-6)5-10-2;1-2/h3-4H,5H2,1-2H3;1-2H3. The summed E-state index contributed by atoms with van der Waals surface area (Å²) >= 11 is 0. The fourth-order valence-corrected chi connectivity index (χ4v) is 0.700. The Morgan fingerprint density at radius 3 is 2.58 bits per heavy atom. The number of aryl methyl sites for hydroxylation is 1. The highest BCUT2D eigenvalue weighted by atomic mass is 16.5. The maximum absolute atomic E-state index is 4.86. The highest BCUT2D eigenvalue weighted by molar-refractivity contribution is 4.98. The number of aromatic nitrogens is 2. The van der Waals surface area contributed by atoms with Gasteiger partial charge < -0.3 is 4.74 Å². The van der Waals surface area contributed by atoms with E-state index in [4.69, 9.17) is 4.74 Å². The summed E-state index contributed by atoms with van der Waals surface area (Å²) in [5.74, 6) is 0.738. The van der Waals surface area contributed by atoms with E-state index in [2.05, 4.69) is 9.97 Å². The van der Waals surface area contributed by atoms with Gasteiger partial charge in [-0.1, -0.05) is 13.8 Å². The van der Waals surface area contributed by atoms with Crippen LogP contribution in [0.25, 0.3) is 0 Å². The molecule has 12 heavy (non-hydrogen) atoms. The van der Waals surface area contributed by atoms with Crippen LogP contribution in [0, 0.1) is 6.92 Å². The Balaban J connectivity index is 0.000000561. The molecule has 0 fully saturated rings. The van der Waals surface area contributed by atoms with Crippen LogP contribution in [-0.4, -0.2) is 17.1 Å². The van der Waals surface area contributed by atoms with Crippen LogP contribution in [0.1, 0.15) is 25.4 Å². The largest absolute Gasteiger partial charge is 0.377 e. The Bertz CT molecular complexity index is 213. The molecule has 3 nitrogen and oxygen atoms in total. The molecule has 1 aromatic heterocycles. The number of ether oxygens (including phenoxy) is 1. The summed E-state index contributed by atoms with van der Waals surface area (Å²) in [5, 5.41) is 0. The van der Waals surface area contributed by atoms with Crippen molar-refractivity contribution in [1.82, 2.24) is 9.97 Å². The lowest BCUT2D eigenvalue weighted by molar-refractivity contribution is 0.177. The minimum Gasteiger partial charge on any atom is -0.377 e. The number of hydrogen-bond acceptors (Lipinski definition) is 3. The van der Waals surface area contributed by atoms with Gasteiger partial charge in [-0.2, -0.15) is 0 Å². The Morgan fingerprint density at radius 2 is 2.08 bits per heavy atom. The first kappa shape index (κ1) is 11.0. The van der Waals surface area contributed by atoms with Gasteiger partial charge in [-0.05, 0) is 13.0 Å². The zero-order valence-electron chi connectivity index (χ0n) is 8.16. The fraction of sp³-hybridized carbons (Fsp3) is 0.556. The van der Waals surface area contributed by atoms with Gasteiger partial charge in [0.2, 0.25) is 0 Å². The molecule has 0 aliphatic carbocycles. The molecular weight excluding hydrogens is 152 g/mol. The van der Waals surface area contributed by atoms with Crippen molar-refractivity contribution in [3.05, 3.63) is 23.8 Å². The molecule has 1 aromatic rings. The number of nitrogens with zero attached hydrogens (tertiary/aromatic N) is 2. The molecule has 0 aliphatic rings. The van der Waals surface area contributed by atoms with E-state index in [1.165, 1.54) is 0 Å². The van der Waals surface area contributed by atoms with E-state index in [0.717, 1.165) is 11.5 Å². The SMILES string of the molecule is CC.COCc1nccc(C)n1. The zero-order valence-corrected chi connectivity index (χ0v) is 8.16. The van der Waals surface area contributed by atoms with Crippen LogP contribution in [0.15, 0.2) is 12.3 Å². The molecule has 68 valence electrons. The second-order valence-electron chi connectivity index (χ2n) is 2.05. The molecule has 1 rings (SSSR count). The summed E-state index contributed by atoms with van der Waals surface area (Å²) < 4.78 is 4.86. The van der Waals surface area contributed by atoms with E-state index in [9.17, 15) is 0 Å². The van der Waals surface area contributed by atoms with E-state index in [1.54, 1.807) is 13.3 Å². The maximum atomic E-state index is 4.86. The topological polar surface area (TPSA) is 35.0 Å². The van der Waals surface area contributed by atoms with Crippen LogP contribution < -0.4 is 0 Å². The highest BCUT2D eigenvalue weighted by Gasteiger charge is 1.92. The molecule has 0 radical (unpaired) electrons. The van der Waals surface area contributed by atoms with Crippen molar-refractivity contribution in [3.63, 3.8) is 0 Å². The van der Waals surface area contributed by atoms with Gasteiger partial charge in [-0.3, -0.25) is 0 Å². The third kappa shape index (κ3) is 4.03. The van der Waals surface area contributed by atoms with Gasteiger partial charge in [-0.25, -0.2) is 9.97 Å². The van der Waals surface area contributed by atoms with Gasteiger partial charge in [0.15, 0.2) is 5.82 Å². The predicted molar refractivity (Wildman–Crippen MR) is 48.8 cm³/mol. The van der Waals surface area contributed by atoms with E-state index >= 15 is 0 Å². The van der Waals surface area contributed by atoms with E-state index < -0.39 is 0 Å². The van der Waals surface area contributed by atoms with Gasteiger partial charge in [0.25, 0.3) is 0 Å². The highest BCUT2D eigenvalue weighted by Crippen LogP contribution is 1.93. The average molecular weight is 168 g/mol. The summed E-state index contributed by atoms with van der Waals surface area (Å²) in [4.78, 5) is 8.12. The van der Waals surface area contributed by atoms with Crippen LogP contribution in [0.3, 0.4) is 0 Å². The van der Waals surface area contributed by atoms with E-state index in [1.807, 2.05) is 26.8 Å². The summed E-state index contributed by atoms with van der Waals surface area (Å²) in [7, 11) is 1.63. The minimum absolute atomic E-state index is 0.488. The fourth-order valence-electron chi connectivity index (χ4n) is 0.700. The monoisotopic (exact) mass is 168 g/mol. The van der Waals surface area contributed by atoms with Crippen LogP contribution in [0.2, 0.25) is 0 Å². The minimum atomic E-state index is 0.488. The first-order valence-corrected chi connectivity index (χ1v) is 4.10. The van der Waals surface area contributed by atoms with Crippen molar-refractivity contribution < 1.29 is 4.74 Å². The molecule has 0 saturated heterocycles. The molecule has 0 atom stereocenters. The second-order valence-corrected chi connectivity index (χ2v) is 2.05. The molecule has 3 heteroatoms. The summed E-state index contributed by atoms with van der Waals surface area (Å²) in [6.07, 6.45) is 1.73. The number of methoxy groups -OCH3 is 1. The smallest absolute Gasteiger partial charge is 0.154 e. The van der Waals surface area contributed by atoms with Gasteiger partial charge in [0.05, 0.1) is 0 Å². The molecule has 0 N–H and O–H groups in total. The lowest BCUT2D eigenvalue weighted by atomic mass is 10.4. The molecular formula is C9H16N2O. The number of hydrogen-bond donors (Lipinski definition) is 0. The van der Waals surface area contributed by atoms with Crippen LogP contribution >= 0.6 is 0 Å². The van der Waals surface area contributed by atoms with Crippen molar-refractivity contribution in [1.29, 1.82) is 0 Å². The van der Waals surface area contributed by atoms with Gasteiger partial charge in [-0.15, -0.1) is 0 Å². The van der Waals surface area contributed by atoms with Gasteiger partial charge in [0.1, 0.15) is 6.61 Å². The van der Waals surface area contributed by atoms with E-state index in [0.29, 0.717) is 6.61 Å². The van der Waals surface area contributed by atoms with Crippen LogP contribution in [0.5, 0.6) is 0 Å². The molecule has 0 saturated carbocycles. The molecule has 0 bridgehead atoms. The molecule has 0 aromatic carbocycles. The lowest BCUT2D eigenvalue weighted by Gasteiger charge is -1.96. The first-order valence-electron chi connectivity index (χ1n) is 4.10. The second kappa shape index (κ2) is 6.73. The van der Waals surface area contributed by atoms with Crippen molar-refractivity contribution in [2.45, 2.75) is 27.4 Å². The molecule has 0 aliphatic heterocycles. The quantitative estimate of drug-likeness (QED) is 0.677. The molecule has 1 heterocycles. The Morgan fingerprint density at radius 1 is 1.42 bits per heavy atom. The van der Waals surface area contributed by atoms with E-state index in [-0.39, 0.29) is 0 Å². The summed E-state index contributed by atoms with van der Waals surface area (Å²) in [6.45, 7) is 6.42. The molecule has 0 amide bonds. The summed E-state index contributed by atoms with van der Waals surface area (Å²) in [6, 6.07) is 1.86. The molecule has 0 unspecified atom stereocenters. The number of rotatable bonds is 2. The first-order chi connectivity index (χ1) is 5.83. The lowest BCUT2D eigenvalue weighted by Crippen LogP contribution is -1.96. The normalized spacial score (nSPS) is 8.67. The van der Waals surface area contributed by atoms with Crippen molar-refractivity contribution in [2.24, 2.45) is 0 Å². The van der Waals surface area contributed by atoms with Crippen LogP contribution in [0.4, 0.5) is 0 Å². The van der Waals surface area contributed by atoms with Crippen molar-refractivity contribution in [2.75, 3.05) is 7.11 Å². The predicted octanol–water partition coefficient (Wildman–Crippen LogP) is 1.96. The van der Waals surface area contributed by atoms with Gasteiger partial charge >= 0.3 is 0 Å². The summed E-state index contributed by atoms with van der Waals surface area (Å²) in [5.41, 5.74) is 0.974. The zero-order chi connectivity index (χ0) is 9.40. The van der Waals surface area contributed by atoms with Crippen molar-refractivity contribution >= 4 is 0 Å². The van der Waals surface area contributed by atoms with Crippen LogP contribution in [-0.2, 0) is 11.3 Å².